The van der Waals surface area contributed by atoms with Crippen molar-refractivity contribution in [2.45, 2.75) is 17.9 Å². The Morgan fingerprint density at radius 3 is 2.76 bits per heavy atom. The standard InChI is InChI=1S/C17H13F3N2OS2/c1-9(16(23)21-13-7-6-11(18)14(19)15(13)20)25-17-22-12-5-3-2-4-10(12)8-24-17/h2-7,9H,8H2,1H3,(H,21,23)/t9-/m1/s1. The van der Waals surface area contributed by atoms with E-state index < -0.39 is 28.6 Å². The Labute approximate surface area is 151 Å². The zero-order chi connectivity index (χ0) is 18.0. The van der Waals surface area contributed by atoms with Crippen LogP contribution in [0.1, 0.15) is 12.5 Å². The molecule has 2 aromatic carbocycles. The summed E-state index contributed by atoms with van der Waals surface area (Å²) in [5.41, 5.74) is 1.60. The monoisotopic (exact) mass is 382 g/mol. The van der Waals surface area contributed by atoms with E-state index >= 15 is 0 Å². The zero-order valence-corrected chi connectivity index (χ0v) is 14.7. The number of carbonyl (C=O) groups is 1. The number of thioether (sulfide) groups is 2. The summed E-state index contributed by atoms with van der Waals surface area (Å²) in [6.45, 7) is 1.64. The minimum atomic E-state index is -1.61. The molecule has 25 heavy (non-hydrogen) atoms. The van der Waals surface area contributed by atoms with Crippen LogP contribution in [0.5, 0.6) is 0 Å². The van der Waals surface area contributed by atoms with Gasteiger partial charge in [-0.25, -0.2) is 18.2 Å². The molecule has 1 aliphatic rings. The van der Waals surface area contributed by atoms with E-state index in [0.717, 1.165) is 33.5 Å². The summed E-state index contributed by atoms with van der Waals surface area (Å²) in [5.74, 6) is -4.08. The Morgan fingerprint density at radius 1 is 1.20 bits per heavy atom. The zero-order valence-electron chi connectivity index (χ0n) is 13.1. The van der Waals surface area contributed by atoms with Crippen LogP contribution in [0, 0.1) is 17.5 Å². The van der Waals surface area contributed by atoms with Crippen LogP contribution < -0.4 is 5.32 Å². The Hall–Kier alpha value is -1.93. The van der Waals surface area contributed by atoms with Crippen LogP contribution in [0.15, 0.2) is 41.4 Å². The fourth-order valence-corrected chi connectivity index (χ4v) is 4.32. The minimum Gasteiger partial charge on any atom is -0.323 e. The Kier molecular flexibility index (Phi) is 5.39. The largest absolute Gasteiger partial charge is 0.323 e. The third-order valence-electron chi connectivity index (χ3n) is 3.49. The van der Waals surface area contributed by atoms with Gasteiger partial charge in [0.25, 0.3) is 0 Å². The Balaban J connectivity index is 1.68. The number of aliphatic imine (C=N–C) groups is 1. The molecular weight excluding hydrogens is 369 g/mol. The summed E-state index contributed by atoms with van der Waals surface area (Å²) in [6, 6.07) is 9.49. The van der Waals surface area contributed by atoms with Gasteiger partial charge < -0.3 is 5.32 Å². The van der Waals surface area contributed by atoms with Crippen LogP contribution in [-0.4, -0.2) is 15.5 Å². The molecule has 3 nitrogen and oxygen atoms in total. The van der Waals surface area contributed by atoms with Gasteiger partial charge in [0.15, 0.2) is 17.5 Å². The molecule has 0 aromatic heterocycles. The first-order valence-electron chi connectivity index (χ1n) is 7.36. The van der Waals surface area contributed by atoms with Gasteiger partial charge in [-0.1, -0.05) is 41.7 Å². The SMILES string of the molecule is C[C@@H](SC1=Nc2ccccc2CS1)C(=O)Nc1ccc(F)c(F)c1F. The molecule has 0 aliphatic carbocycles. The average Bonchev–Trinajstić information content (AvgIpc) is 2.62. The van der Waals surface area contributed by atoms with E-state index in [1.165, 1.54) is 23.5 Å². The predicted molar refractivity (Wildman–Crippen MR) is 96.8 cm³/mol. The molecular formula is C17H13F3N2OS2. The lowest BCUT2D eigenvalue weighted by molar-refractivity contribution is -0.115. The van der Waals surface area contributed by atoms with Gasteiger partial charge in [-0.05, 0) is 30.7 Å². The number of anilines is 1. The number of nitrogens with one attached hydrogen (secondary N) is 1. The van der Waals surface area contributed by atoms with Crippen molar-refractivity contribution in [3.63, 3.8) is 0 Å². The summed E-state index contributed by atoms with van der Waals surface area (Å²) < 4.78 is 40.5. The molecule has 8 heteroatoms. The van der Waals surface area contributed by atoms with Crippen molar-refractivity contribution in [1.82, 2.24) is 0 Å². The average molecular weight is 382 g/mol. The summed E-state index contributed by atoms with van der Waals surface area (Å²) in [7, 11) is 0. The molecule has 2 aromatic rings. The van der Waals surface area contributed by atoms with Gasteiger partial charge in [0.1, 0.15) is 4.38 Å². The molecule has 1 heterocycles. The van der Waals surface area contributed by atoms with Gasteiger partial charge >= 0.3 is 0 Å². The lowest BCUT2D eigenvalue weighted by Crippen LogP contribution is -2.24. The summed E-state index contributed by atoms with van der Waals surface area (Å²) in [5, 5.41) is 1.70. The van der Waals surface area contributed by atoms with Crippen LogP contribution in [0.2, 0.25) is 0 Å². The number of hydrogen-bond donors (Lipinski definition) is 1. The number of nitrogens with zero attached hydrogens (tertiary/aromatic N) is 1. The summed E-state index contributed by atoms with van der Waals surface area (Å²) >= 11 is 2.75. The quantitative estimate of drug-likeness (QED) is 0.751. The van der Waals surface area contributed by atoms with Crippen LogP contribution >= 0.6 is 23.5 Å². The lowest BCUT2D eigenvalue weighted by Gasteiger charge is -2.17. The maximum absolute atomic E-state index is 13.6. The van der Waals surface area contributed by atoms with Crippen molar-refractivity contribution in [2.24, 2.45) is 4.99 Å². The molecule has 0 radical (unpaired) electrons. The molecule has 0 fully saturated rings. The van der Waals surface area contributed by atoms with E-state index in [1.807, 2.05) is 24.3 Å². The highest BCUT2D eigenvalue weighted by Gasteiger charge is 2.22. The van der Waals surface area contributed by atoms with Crippen molar-refractivity contribution in [3.8, 4) is 0 Å². The molecule has 1 aliphatic heterocycles. The van der Waals surface area contributed by atoms with Crippen molar-refractivity contribution in [1.29, 1.82) is 0 Å². The molecule has 0 bridgehead atoms. The van der Waals surface area contributed by atoms with Crippen LogP contribution in [-0.2, 0) is 10.5 Å². The Morgan fingerprint density at radius 2 is 1.96 bits per heavy atom. The smallest absolute Gasteiger partial charge is 0.237 e. The number of halogens is 3. The van der Waals surface area contributed by atoms with E-state index in [1.54, 1.807) is 6.92 Å². The molecule has 0 saturated carbocycles. The number of carbonyl (C=O) groups excluding carboxylic acids is 1. The van der Waals surface area contributed by atoms with E-state index in [4.69, 9.17) is 0 Å². The third kappa shape index (κ3) is 4.01. The van der Waals surface area contributed by atoms with E-state index in [0.29, 0.717) is 0 Å². The van der Waals surface area contributed by atoms with Crippen molar-refractivity contribution < 1.29 is 18.0 Å². The molecule has 1 amide bonds. The lowest BCUT2D eigenvalue weighted by atomic mass is 10.2. The van der Waals surface area contributed by atoms with Crippen molar-refractivity contribution >= 4 is 45.2 Å². The van der Waals surface area contributed by atoms with Gasteiger partial charge in [-0.15, -0.1) is 0 Å². The maximum Gasteiger partial charge on any atom is 0.237 e. The highest BCUT2D eigenvalue weighted by atomic mass is 32.2. The molecule has 1 atom stereocenters. The van der Waals surface area contributed by atoms with Crippen molar-refractivity contribution in [2.75, 3.05) is 5.32 Å². The van der Waals surface area contributed by atoms with Crippen molar-refractivity contribution in [3.05, 3.63) is 59.4 Å². The summed E-state index contributed by atoms with van der Waals surface area (Å²) in [6.07, 6.45) is 0. The predicted octanol–water partition coefficient (Wildman–Crippen LogP) is 5.10. The van der Waals surface area contributed by atoms with E-state index in [9.17, 15) is 18.0 Å². The molecule has 0 spiro atoms. The van der Waals surface area contributed by atoms with Gasteiger partial charge in [-0.2, -0.15) is 0 Å². The number of rotatable bonds is 3. The van der Waals surface area contributed by atoms with Gasteiger partial charge in [0.05, 0.1) is 16.6 Å². The first kappa shape index (κ1) is 17.9. The number of benzene rings is 2. The highest BCUT2D eigenvalue weighted by molar-refractivity contribution is 8.39. The van der Waals surface area contributed by atoms with Crippen LogP contribution in [0.3, 0.4) is 0 Å². The van der Waals surface area contributed by atoms with Gasteiger partial charge in [-0.3, -0.25) is 4.79 Å². The first-order chi connectivity index (χ1) is 12.0. The fourth-order valence-electron chi connectivity index (χ4n) is 2.13. The van der Waals surface area contributed by atoms with Gasteiger partial charge in [0, 0.05) is 5.75 Å². The summed E-state index contributed by atoms with van der Waals surface area (Å²) in [4.78, 5) is 16.7. The second kappa shape index (κ2) is 7.53. The maximum atomic E-state index is 13.6. The van der Waals surface area contributed by atoms with Gasteiger partial charge in [0.2, 0.25) is 5.91 Å². The molecule has 130 valence electrons. The minimum absolute atomic E-state index is 0.389. The molecule has 0 unspecified atom stereocenters. The highest BCUT2D eigenvalue weighted by Crippen LogP contribution is 2.36. The number of amides is 1. The van der Waals surface area contributed by atoms with E-state index in [2.05, 4.69) is 10.3 Å². The van der Waals surface area contributed by atoms with Crippen LogP contribution in [0.4, 0.5) is 24.5 Å². The molecule has 3 rings (SSSR count). The third-order valence-corrected chi connectivity index (χ3v) is 5.79. The molecule has 0 saturated heterocycles. The van der Waals surface area contributed by atoms with Crippen LogP contribution in [0.25, 0.3) is 0 Å². The normalized spacial score (nSPS) is 14.5. The second-order valence-corrected chi connectivity index (χ2v) is 7.82. The van der Waals surface area contributed by atoms with E-state index in [-0.39, 0.29) is 5.69 Å². The Bertz CT molecular complexity index is 858. The number of fused-ring (bicyclic) bond motifs is 1. The first-order valence-corrected chi connectivity index (χ1v) is 9.22. The fraction of sp³-hybridized carbons (Fsp3) is 0.176. The number of para-hydroxylation sites is 1. The molecule has 1 N–H and O–H groups in total. The second-order valence-electron chi connectivity index (χ2n) is 5.27. The topological polar surface area (TPSA) is 41.5 Å². The number of hydrogen-bond acceptors (Lipinski definition) is 4.